The maximum absolute atomic E-state index is 11.5. The van der Waals surface area contributed by atoms with E-state index in [-0.39, 0.29) is 23.8 Å². The van der Waals surface area contributed by atoms with Gasteiger partial charge in [-0.1, -0.05) is 20.3 Å². The number of rotatable bonds is 4. The van der Waals surface area contributed by atoms with E-state index in [0.717, 1.165) is 19.3 Å². The summed E-state index contributed by atoms with van der Waals surface area (Å²) in [4.78, 5) is 22.5. The molecule has 80 valence electrons. The Bertz CT molecular complexity index is 223. The molecule has 0 N–H and O–H groups in total. The van der Waals surface area contributed by atoms with Crippen LogP contribution in [0, 0.1) is 5.92 Å². The van der Waals surface area contributed by atoms with Gasteiger partial charge >= 0.3 is 5.97 Å². The molecule has 0 heterocycles. The summed E-state index contributed by atoms with van der Waals surface area (Å²) in [5.41, 5.74) is 0. The number of ketones is 1. The van der Waals surface area contributed by atoms with Crippen LogP contribution < -0.4 is 0 Å². The van der Waals surface area contributed by atoms with Crippen LogP contribution in [0.1, 0.15) is 46.0 Å². The van der Waals surface area contributed by atoms with E-state index in [1.54, 1.807) is 6.92 Å². The molecule has 3 heteroatoms. The van der Waals surface area contributed by atoms with E-state index in [1.807, 2.05) is 6.92 Å². The van der Waals surface area contributed by atoms with Crippen LogP contribution in [0.3, 0.4) is 0 Å². The van der Waals surface area contributed by atoms with Gasteiger partial charge in [0, 0.05) is 12.8 Å². The Hall–Kier alpha value is -0.860. The molecule has 0 bridgehead atoms. The monoisotopic (exact) mass is 198 g/mol. The lowest BCUT2D eigenvalue weighted by Gasteiger charge is -2.17. The highest BCUT2D eigenvalue weighted by molar-refractivity contribution is 5.84. The SMILES string of the molecule is CCCC1C(=O)CCC1OC(=O)CC. The van der Waals surface area contributed by atoms with Gasteiger partial charge in [0.25, 0.3) is 0 Å². The van der Waals surface area contributed by atoms with Crippen LogP contribution in [0.25, 0.3) is 0 Å². The van der Waals surface area contributed by atoms with Gasteiger partial charge in [-0.3, -0.25) is 9.59 Å². The first-order valence-electron chi connectivity index (χ1n) is 5.41. The van der Waals surface area contributed by atoms with Gasteiger partial charge in [0.15, 0.2) is 0 Å². The van der Waals surface area contributed by atoms with E-state index in [4.69, 9.17) is 4.74 Å². The second-order valence-electron chi connectivity index (χ2n) is 3.78. The number of ether oxygens (including phenoxy) is 1. The van der Waals surface area contributed by atoms with Crippen molar-refractivity contribution in [3.63, 3.8) is 0 Å². The van der Waals surface area contributed by atoms with Gasteiger partial charge in [-0.2, -0.15) is 0 Å². The standard InChI is InChI=1S/C11H18O3/c1-3-5-8-9(12)6-7-10(8)14-11(13)4-2/h8,10H,3-7H2,1-2H3. The summed E-state index contributed by atoms with van der Waals surface area (Å²) in [7, 11) is 0. The molecule has 14 heavy (non-hydrogen) atoms. The topological polar surface area (TPSA) is 43.4 Å². The third-order valence-corrected chi connectivity index (χ3v) is 2.71. The largest absolute Gasteiger partial charge is 0.462 e. The number of hydrogen-bond acceptors (Lipinski definition) is 3. The Morgan fingerprint density at radius 1 is 1.50 bits per heavy atom. The molecule has 0 aromatic heterocycles. The number of Topliss-reactive ketones (excluding diaryl/α,β-unsaturated/α-hetero) is 1. The molecule has 0 radical (unpaired) electrons. The second-order valence-corrected chi connectivity index (χ2v) is 3.78. The van der Waals surface area contributed by atoms with E-state index < -0.39 is 0 Å². The maximum atomic E-state index is 11.5. The zero-order valence-electron chi connectivity index (χ0n) is 8.91. The summed E-state index contributed by atoms with van der Waals surface area (Å²) in [6.07, 6.45) is 3.36. The number of hydrogen-bond donors (Lipinski definition) is 0. The average molecular weight is 198 g/mol. The molecular formula is C11H18O3. The Morgan fingerprint density at radius 2 is 2.21 bits per heavy atom. The molecular weight excluding hydrogens is 180 g/mol. The van der Waals surface area contributed by atoms with Crippen molar-refractivity contribution < 1.29 is 14.3 Å². The summed E-state index contributed by atoms with van der Waals surface area (Å²) in [5, 5.41) is 0. The average Bonchev–Trinajstić information content (AvgIpc) is 2.50. The van der Waals surface area contributed by atoms with Crippen LogP contribution in [-0.2, 0) is 14.3 Å². The Labute approximate surface area is 84.8 Å². The molecule has 0 aromatic rings. The van der Waals surface area contributed by atoms with Crippen LogP contribution in [0.15, 0.2) is 0 Å². The van der Waals surface area contributed by atoms with Gasteiger partial charge in [-0.05, 0) is 12.8 Å². The summed E-state index contributed by atoms with van der Waals surface area (Å²) < 4.78 is 5.24. The van der Waals surface area contributed by atoms with Crippen molar-refractivity contribution in [1.29, 1.82) is 0 Å². The highest BCUT2D eigenvalue weighted by Crippen LogP contribution is 2.29. The Kier molecular flexibility index (Phi) is 4.11. The van der Waals surface area contributed by atoms with E-state index in [2.05, 4.69) is 0 Å². The van der Waals surface area contributed by atoms with Crippen LogP contribution in [0.4, 0.5) is 0 Å². The molecule has 2 unspecified atom stereocenters. The predicted molar refractivity (Wildman–Crippen MR) is 52.8 cm³/mol. The minimum Gasteiger partial charge on any atom is -0.462 e. The lowest BCUT2D eigenvalue weighted by atomic mass is 9.99. The maximum Gasteiger partial charge on any atom is 0.305 e. The predicted octanol–water partition coefficient (Wildman–Crippen LogP) is 2.09. The highest BCUT2D eigenvalue weighted by Gasteiger charge is 2.36. The second kappa shape index (κ2) is 5.13. The molecule has 0 spiro atoms. The van der Waals surface area contributed by atoms with E-state index in [0.29, 0.717) is 12.8 Å². The fourth-order valence-electron chi connectivity index (χ4n) is 1.93. The molecule has 0 amide bonds. The summed E-state index contributed by atoms with van der Waals surface area (Å²) >= 11 is 0. The molecule has 0 saturated heterocycles. The Balaban J connectivity index is 2.51. The normalized spacial score (nSPS) is 26.6. The van der Waals surface area contributed by atoms with Gasteiger partial charge in [0.05, 0.1) is 5.92 Å². The van der Waals surface area contributed by atoms with E-state index in [1.165, 1.54) is 0 Å². The molecule has 1 fully saturated rings. The third-order valence-electron chi connectivity index (χ3n) is 2.71. The van der Waals surface area contributed by atoms with Gasteiger partial charge in [-0.15, -0.1) is 0 Å². The quantitative estimate of drug-likeness (QED) is 0.649. The summed E-state index contributed by atoms with van der Waals surface area (Å²) in [6, 6.07) is 0. The third kappa shape index (κ3) is 2.56. The Morgan fingerprint density at radius 3 is 2.79 bits per heavy atom. The molecule has 0 aliphatic heterocycles. The number of esters is 1. The van der Waals surface area contributed by atoms with Crippen LogP contribution in [0.5, 0.6) is 0 Å². The van der Waals surface area contributed by atoms with Crippen LogP contribution >= 0.6 is 0 Å². The summed E-state index contributed by atoms with van der Waals surface area (Å²) in [5.74, 6) is 0.0436. The van der Waals surface area contributed by atoms with Gasteiger partial charge < -0.3 is 4.74 Å². The van der Waals surface area contributed by atoms with E-state index in [9.17, 15) is 9.59 Å². The van der Waals surface area contributed by atoms with Crippen molar-refractivity contribution in [1.82, 2.24) is 0 Å². The van der Waals surface area contributed by atoms with Crippen molar-refractivity contribution in [3.8, 4) is 0 Å². The molecule has 3 nitrogen and oxygen atoms in total. The number of carbonyl (C=O) groups excluding carboxylic acids is 2. The van der Waals surface area contributed by atoms with Gasteiger partial charge in [0.2, 0.25) is 0 Å². The van der Waals surface area contributed by atoms with Crippen LogP contribution in [0.2, 0.25) is 0 Å². The first-order chi connectivity index (χ1) is 6.69. The van der Waals surface area contributed by atoms with Gasteiger partial charge in [0.1, 0.15) is 11.9 Å². The first-order valence-corrected chi connectivity index (χ1v) is 5.41. The molecule has 1 saturated carbocycles. The zero-order chi connectivity index (χ0) is 10.6. The van der Waals surface area contributed by atoms with Crippen molar-refractivity contribution in [3.05, 3.63) is 0 Å². The molecule has 1 rings (SSSR count). The molecule has 1 aliphatic rings. The fraction of sp³-hybridized carbons (Fsp3) is 0.818. The van der Waals surface area contributed by atoms with Crippen LogP contribution in [-0.4, -0.2) is 17.9 Å². The smallest absolute Gasteiger partial charge is 0.305 e. The van der Waals surface area contributed by atoms with Crippen molar-refractivity contribution >= 4 is 11.8 Å². The highest BCUT2D eigenvalue weighted by atomic mass is 16.5. The first kappa shape index (κ1) is 11.2. The minimum absolute atomic E-state index is 0.0319. The van der Waals surface area contributed by atoms with E-state index >= 15 is 0 Å². The number of carbonyl (C=O) groups is 2. The molecule has 2 atom stereocenters. The molecule has 1 aliphatic carbocycles. The minimum atomic E-state index is -0.189. The lowest BCUT2D eigenvalue weighted by molar-refractivity contribution is -0.151. The lowest BCUT2D eigenvalue weighted by Crippen LogP contribution is -2.24. The fourth-order valence-corrected chi connectivity index (χ4v) is 1.93. The summed E-state index contributed by atoms with van der Waals surface area (Å²) in [6.45, 7) is 3.82. The van der Waals surface area contributed by atoms with Crippen molar-refractivity contribution in [2.45, 2.75) is 52.1 Å². The van der Waals surface area contributed by atoms with Crippen molar-refractivity contribution in [2.24, 2.45) is 5.92 Å². The zero-order valence-corrected chi connectivity index (χ0v) is 8.91. The van der Waals surface area contributed by atoms with Crippen molar-refractivity contribution in [2.75, 3.05) is 0 Å². The molecule has 0 aromatic carbocycles. The van der Waals surface area contributed by atoms with Gasteiger partial charge in [-0.25, -0.2) is 0 Å².